The van der Waals surface area contributed by atoms with E-state index in [1.165, 1.54) is 12.0 Å². The highest BCUT2D eigenvalue weighted by atomic mass is 79.9. The van der Waals surface area contributed by atoms with E-state index in [9.17, 15) is 14.7 Å². The highest BCUT2D eigenvalue weighted by molar-refractivity contribution is 9.10. The van der Waals surface area contributed by atoms with Crippen LogP contribution < -0.4 is 4.74 Å². The molecule has 2 unspecified atom stereocenters. The van der Waals surface area contributed by atoms with Crippen LogP contribution in [0.15, 0.2) is 28.7 Å². The van der Waals surface area contributed by atoms with E-state index >= 15 is 0 Å². The van der Waals surface area contributed by atoms with Gasteiger partial charge in [-0.25, -0.2) is 4.79 Å². The lowest BCUT2D eigenvalue weighted by molar-refractivity contribution is -0.148. The van der Waals surface area contributed by atoms with Crippen molar-refractivity contribution in [3.8, 4) is 5.75 Å². The molecule has 1 saturated heterocycles. The van der Waals surface area contributed by atoms with Crippen LogP contribution in [0, 0.1) is 0 Å². The lowest BCUT2D eigenvalue weighted by Gasteiger charge is -2.21. The van der Waals surface area contributed by atoms with E-state index in [1.54, 1.807) is 18.2 Å². The fourth-order valence-electron chi connectivity index (χ4n) is 2.26. The molecule has 1 amide bonds. The average molecular weight is 358 g/mol. The predicted octanol–water partition coefficient (Wildman–Crippen LogP) is 1.53. The first-order valence-corrected chi connectivity index (χ1v) is 7.24. The average Bonchev–Trinajstić information content (AvgIpc) is 2.89. The molecule has 1 N–H and O–H groups in total. The van der Waals surface area contributed by atoms with Gasteiger partial charge < -0.3 is 19.5 Å². The smallest absolute Gasteiger partial charge is 0.326 e. The Balaban J connectivity index is 1.97. The van der Waals surface area contributed by atoms with Crippen LogP contribution in [0.5, 0.6) is 5.75 Å². The van der Waals surface area contributed by atoms with E-state index in [4.69, 9.17) is 9.47 Å². The number of carboxylic acids is 1. The fourth-order valence-corrected chi connectivity index (χ4v) is 2.64. The Morgan fingerprint density at radius 2 is 2.24 bits per heavy atom. The number of ether oxygens (including phenoxy) is 2. The summed E-state index contributed by atoms with van der Waals surface area (Å²) in [6, 6.07) is 6.26. The molecular weight excluding hydrogens is 342 g/mol. The lowest BCUT2D eigenvalue weighted by Crippen LogP contribution is -2.43. The lowest BCUT2D eigenvalue weighted by atomic mass is 10.2. The van der Waals surface area contributed by atoms with Crippen LogP contribution in [0.25, 0.3) is 0 Å². The minimum atomic E-state index is -1.02. The number of hydrogen-bond acceptors (Lipinski definition) is 4. The number of amides is 1. The summed E-state index contributed by atoms with van der Waals surface area (Å²) in [7, 11) is 1.51. The van der Waals surface area contributed by atoms with Crippen LogP contribution >= 0.6 is 15.9 Å². The Bertz CT molecular complexity index is 536. The highest BCUT2D eigenvalue weighted by Crippen LogP contribution is 2.21. The summed E-state index contributed by atoms with van der Waals surface area (Å²) in [5, 5.41) is 9.17. The fraction of sp³-hybridized carbons (Fsp3) is 0.429. The van der Waals surface area contributed by atoms with Gasteiger partial charge in [0.15, 0.2) is 6.61 Å². The van der Waals surface area contributed by atoms with E-state index in [-0.39, 0.29) is 25.2 Å². The summed E-state index contributed by atoms with van der Waals surface area (Å²) >= 11 is 3.31. The van der Waals surface area contributed by atoms with Gasteiger partial charge in [-0.2, -0.15) is 0 Å². The number of methoxy groups -OCH3 is 1. The van der Waals surface area contributed by atoms with Crippen molar-refractivity contribution in [3.05, 3.63) is 28.7 Å². The second-order valence-electron chi connectivity index (χ2n) is 4.74. The molecule has 2 atom stereocenters. The Morgan fingerprint density at radius 1 is 1.48 bits per heavy atom. The third-order valence-electron chi connectivity index (χ3n) is 3.36. The van der Waals surface area contributed by atoms with Crippen molar-refractivity contribution >= 4 is 27.8 Å². The minimum absolute atomic E-state index is 0.198. The van der Waals surface area contributed by atoms with Crippen LogP contribution in [0.2, 0.25) is 0 Å². The summed E-state index contributed by atoms with van der Waals surface area (Å²) in [4.78, 5) is 24.7. The molecule has 1 aliphatic heterocycles. The largest absolute Gasteiger partial charge is 0.484 e. The zero-order chi connectivity index (χ0) is 15.4. The second-order valence-corrected chi connectivity index (χ2v) is 5.66. The first-order valence-electron chi connectivity index (χ1n) is 6.44. The molecule has 2 rings (SSSR count). The second kappa shape index (κ2) is 6.91. The summed E-state index contributed by atoms with van der Waals surface area (Å²) < 4.78 is 11.4. The molecule has 0 radical (unpaired) electrons. The van der Waals surface area contributed by atoms with Crippen molar-refractivity contribution in [3.63, 3.8) is 0 Å². The first-order chi connectivity index (χ1) is 10.0. The maximum atomic E-state index is 12.2. The van der Waals surface area contributed by atoms with Gasteiger partial charge in [-0.15, -0.1) is 0 Å². The van der Waals surface area contributed by atoms with Gasteiger partial charge in [0.25, 0.3) is 5.91 Å². The van der Waals surface area contributed by atoms with E-state index in [0.717, 1.165) is 4.47 Å². The van der Waals surface area contributed by atoms with Gasteiger partial charge in [-0.3, -0.25) is 4.79 Å². The number of rotatable bonds is 5. The molecule has 0 saturated carbocycles. The molecule has 0 aromatic heterocycles. The van der Waals surface area contributed by atoms with Gasteiger partial charge in [0.2, 0.25) is 0 Å². The van der Waals surface area contributed by atoms with Crippen LogP contribution in [-0.4, -0.2) is 54.3 Å². The number of carboxylic acid groups (broad SMARTS) is 1. The van der Waals surface area contributed by atoms with Crippen LogP contribution in [0.3, 0.4) is 0 Å². The molecule has 0 bridgehead atoms. The summed E-state index contributed by atoms with van der Waals surface area (Å²) in [6.45, 7) is 0.0742. The van der Waals surface area contributed by atoms with Crippen LogP contribution in [0.4, 0.5) is 0 Å². The molecule has 114 valence electrons. The minimum Gasteiger partial charge on any atom is -0.484 e. The van der Waals surface area contributed by atoms with Gasteiger partial charge in [0.05, 0.1) is 6.10 Å². The number of aliphatic carboxylic acids is 1. The molecule has 0 spiro atoms. The third-order valence-corrected chi connectivity index (χ3v) is 3.85. The Morgan fingerprint density at radius 3 is 2.86 bits per heavy atom. The zero-order valence-corrected chi connectivity index (χ0v) is 13.1. The zero-order valence-electron chi connectivity index (χ0n) is 11.5. The van der Waals surface area contributed by atoms with Crippen molar-refractivity contribution in [2.75, 3.05) is 20.3 Å². The van der Waals surface area contributed by atoms with Gasteiger partial charge in [-0.05, 0) is 18.2 Å². The topological polar surface area (TPSA) is 76.1 Å². The SMILES string of the molecule is COC1CC(C(=O)O)N(C(=O)COc2cccc(Br)c2)C1. The van der Waals surface area contributed by atoms with Crippen molar-refractivity contribution in [2.24, 2.45) is 0 Å². The number of carbonyl (C=O) groups is 2. The molecule has 0 aliphatic carbocycles. The standard InChI is InChI=1S/C14H16BrNO5/c1-20-11-6-12(14(18)19)16(7-11)13(17)8-21-10-4-2-3-9(15)5-10/h2-5,11-12H,6-8H2,1H3,(H,18,19). The van der Waals surface area contributed by atoms with E-state index in [0.29, 0.717) is 12.2 Å². The number of likely N-dealkylation sites (tertiary alicyclic amines) is 1. The number of benzene rings is 1. The van der Waals surface area contributed by atoms with Gasteiger partial charge in [-0.1, -0.05) is 22.0 Å². The van der Waals surface area contributed by atoms with Gasteiger partial charge in [0, 0.05) is 24.5 Å². The molecule has 7 heteroatoms. The number of hydrogen-bond donors (Lipinski definition) is 1. The first kappa shape index (κ1) is 15.8. The monoisotopic (exact) mass is 357 g/mol. The molecule has 1 aromatic rings. The summed E-state index contributed by atoms with van der Waals surface area (Å²) in [5.74, 6) is -0.834. The molecule has 1 aromatic carbocycles. The maximum Gasteiger partial charge on any atom is 0.326 e. The number of nitrogens with zero attached hydrogens (tertiary/aromatic N) is 1. The van der Waals surface area contributed by atoms with Crippen molar-refractivity contribution in [2.45, 2.75) is 18.6 Å². The van der Waals surface area contributed by atoms with Crippen LogP contribution in [0.1, 0.15) is 6.42 Å². The number of carbonyl (C=O) groups excluding carboxylic acids is 1. The summed E-state index contributed by atoms with van der Waals surface area (Å²) in [5.41, 5.74) is 0. The normalized spacial score (nSPS) is 21.3. The Hall–Kier alpha value is -1.60. The third kappa shape index (κ3) is 3.95. The molecule has 21 heavy (non-hydrogen) atoms. The Labute approximate surface area is 130 Å². The van der Waals surface area contributed by atoms with E-state index < -0.39 is 12.0 Å². The van der Waals surface area contributed by atoms with Gasteiger partial charge in [0.1, 0.15) is 11.8 Å². The van der Waals surface area contributed by atoms with E-state index in [2.05, 4.69) is 15.9 Å². The van der Waals surface area contributed by atoms with Crippen LogP contribution in [-0.2, 0) is 14.3 Å². The molecule has 6 nitrogen and oxygen atoms in total. The molecule has 1 fully saturated rings. The van der Waals surface area contributed by atoms with Crippen molar-refractivity contribution in [1.82, 2.24) is 4.90 Å². The van der Waals surface area contributed by atoms with Gasteiger partial charge >= 0.3 is 5.97 Å². The number of halogens is 1. The molecule has 1 heterocycles. The highest BCUT2D eigenvalue weighted by Gasteiger charge is 2.39. The Kier molecular flexibility index (Phi) is 5.19. The predicted molar refractivity (Wildman–Crippen MR) is 78.2 cm³/mol. The molecule has 1 aliphatic rings. The van der Waals surface area contributed by atoms with Crippen molar-refractivity contribution in [1.29, 1.82) is 0 Å². The molecular formula is C14H16BrNO5. The van der Waals surface area contributed by atoms with Crippen molar-refractivity contribution < 1.29 is 24.2 Å². The van der Waals surface area contributed by atoms with E-state index in [1.807, 2.05) is 6.07 Å². The summed E-state index contributed by atoms with van der Waals surface area (Å²) in [6.07, 6.45) is 0.0509. The quantitative estimate of drug-likeness (QED) is 0.864. The maximum absolute atomic E-state index is 12.2.